The summed E-state index contributed by atoms with van der Waals surface area (Å²) >= 11 is 0. The Balaban J connectivity index is 1.86. The third-order valence-corrected chi connectivity index (χ3v) is 4.89. The van der Waals surface area contributed by atoms with Crippen LogP contribution in [0.1, 0.15) is 6.42 Å². The largest absolute Gasteiger partial charge is 0.453 e. The summed E-state index contributed by atoms with van der Waals surface area (Å²) in [5.74, 6) is 0. The van der Waals surface area contributed by atoms with E-state index in [1.54, 1.807) is 7.11 Å². The molecule has 0 aromatic carbocycles. The minimum absolute atomic E-state index is 0.00388. The minimum Gasteiger partial charge on any atom is -0.453 e. The number of carbonyl (C=O) groups is 1. The van der Waals surface area contributed by atoms with Gasteiger partial charge in [0.2, 0.25) is 0 Å². The molecular weight excluding hydrogens is 308 g/mol. The minimum atomic E-state index is -0.260. The van der Waals surface area contributed by atoms with E-state index in [0.717, 1.165) is 39.3 Å². The predicted molar refractivity (Wildman–Crippen MR) is 90.9 cm³/mol. The highest BCUT2D eigenvalue weighted by Crippen LogP contribution is 2.31. The lowest BCUT2D eigenvalue weighted by Crippen LogP contribution is -2.52. The first-order chi connectivity index (χ1) is 11.7. The molecule has 0 aromatic heterocycles. The van der Waals surface area contributed by atoms with Gasteiger partial charge in [-0.15, -0.1) is 0 Å². The molecule has 0 aromatic rings. The number of morpholine rings is 1. The van der Waals surface area contributed by atoms with E-state index in [1.807, 2.05) is 17.1 Å². The molecule has 0 saturated carbocycles. The van der Waals surface area contributed by atoms with Crippen molar-refractivity contribution < 1.29 is 19.0 Å². The average Bonchev–Trinajstić information content (AvgIpc) is 2.84. The Morgan fingerprint density at radius 3 is 2.79 bits per heavy atom. The van der Waals surface area contributed by atoms with Crippen molar-refractivity contribution in [1.82, 2.24) is 9.80 Å². The van der Waals surface area contributed by atoms with E-state index in [-0.39, 0.29) is 18.2 Å². The Morgan fingerprint density at radius 2 is 2.08 bits per heavy atom. The van der Waals surface area contributed by atoms with Crippen LogP contribution >= 0.6 is 0 Å². The van der Waals surface area contributed by atoms with Gasteiger partial charge in [0.05, 0.1) is 32.5 Å². The summed E-state index contributed by atoms with van der Waals surface area (Å²) in [6.07, 6.45) is 8.89. The van der Waals surface area contributed by atoms with Crippen LogP contribution in [0.3, 0.4) is 0 Å². The van der Waals surface area contributed by atoms with Crippen molar-refractivity contribution in [2.24, 2.45) is 0 Å². The van der Waals surface area contributed by atoms with Crippen molar-refractivity contribution in [3.8, 4) is 0 Å². The van der Waals surface area contributed by atoms with Gasteiger partial charge in [0.15, 0.2) is 0 Å². The summed E-state index contributed by atoms with van der Waals surface area (Å²) in [6, 6.07) is -0.00388. The van der Waals surface area contributed by atoms with Gasteiger partial charge in [-0.25, -0.2) is 4.79 Å². The quantitative estimate of drug-likeness (QED) is 0.785. The second-order valence-corrected chi connectivity index (χ2v) is 6.24. The first-order valence-corrected chi connectivity index (χ1v) is 8.50. The second-order valence-electron chi connectivity index (χ2n) is 6.24. The molecule has 3 rings (SSSR count). The molecule has 2 unspecified atom stereocenters. The van der Waals surface area contributed by atoms with Gasteiger partial charge in [0.25, 0.3) is 0 Å². The maximum Gasteiger partial charge on any atom is 0.410 e. The van der Waals surface area contributed by atoms with Crippen LogP contribution < -0.4 is 0 Å². The van der Waals surface area contributed by atoms with Crippen LogP contribution in [0.4, 0.5) is 4.79 Å². The number of ether oxygens (including phenoxy) is 3. The van der Waals surface area contributed by atoms with Crippen molar-refractivity contribution in [3.05, 3.63) is 35.5 Å². The predicted octanol–water partition coefficient (Wildman–Crippen LogP) is 1.60. The fourth-order valence-corrected chi connectivity index (χ4v) is 3.55. The van der Waals surface area contributed by atoms with Crippen molar-refractivity contribution >= 4 is 6.09 Å². The SMILES string of the molecule is COC(=O)N1CCC2=CC(OC)C=CC=C2C1CN1CCOCC1. The van der Waals surface area contributed by atoms with Crippen LogP contribution in [-0.4, -0.2) is 81.7 Å². The first-order valence-electron chi connectivity index (χ1n) is 8.50. The standard InChI is InChI=1S/C18H26N2O4/c1-22-15-4-3-5-16-14(12-15)6-7-20(18(21)23-2)17(16)13-19-8-10-24-11-9-19/h3-5,12,15,17H,6-11,13H2,1-2H3. The van der Waals surface area contributed by atoms with E-state index < -0.39 is 0 Å². The van der Waals surface area contributed by atoms with Crippen molar-refractivity contribution in [1.29, 1.82) is 0 Å². The molecule has 2 saturated heterocycles. The molecule has 0 radical (unpaired) electrons. The molecule has 6 heteroatoms. The molecular formula is C18H26N2O4. The molecule has 0 spiro atoms. The molecule has 3 aliphatic rings. The number of hydrogen-bond donors (Lipinski definition) is 0. The van der Waals surface area contributed by atoms with Gasteiger partial charge in [0, 0.05) is 33.3 Å². The average molecular weight is 334 g/mol. The Labute approximate surface area is 143 Å². The molecule has 2 aliphatic heterocycles. The highest BCUT2D eigenvalue weighted by molar-refractivity contribution is 5.70. The summed E-state index contributed by atoms with van der Waals surface area (Å²) in [5, 5.41) is 0. The molecule has 1 amide bonds. The molecule has 2 fully saturated rings. The van der Waals surface area contributed by atoms with Gasteiger partial charge in [-0.05, 0) is 23.6 Å². The van der Waals surface area contributed by atoms with E-state index >= 15 is 0 Å². The fourth-order valence-electron chi connectivity index (χ4n) is 3.55. The van der Waals surface area contributed by atoms with Crippen molar-refractivity contribution in [2.75, 3.05) is 53.6 Å². The van der Waals surface area contributed by atoms with E-state index in [1.165, 1.54) is 18.3 Å². The van der Waals surface area contributed by atoms with Crippen molar-refractivity contribution in [2.45, 2.75) is 18.6 Å². The number of nitrogens with zero attached hydrogens (tertiary/aromatic N) is 2. The first kappa shape index (κ1) is 17.2. The van der Waals surface area contributed by atoms with E-state index in [4.69, 9.17) is 14.2 Å². The fraction of sp³-hybridized carbons (Fsp3) is 0.611. The molecule has 132 valence electrons. The van der Waals surface area contributed by atoms with Gasteiger partial charge in [-0.1, -0.05) is 18.2 Å². The van der Waals surface area contributed by atoms with Crippen LogP contribution in [-0.2, 0) is 14.2 Å². The summed E-state index contributed by atoms with van der Waals surface area (Å²) in [6.45, 7) is 4.76. The molecule has 0 N–H and O–H groups in total. The number of methoxy groups -OCH3 is 2. The van der Waals surface area contributed by atoms with E-state index in [2.05, 4.69) is 17.1 Å². The van der Waals surface area contributed by atoms with Gasteiger partial charge in [-0.3, -0.25) is 9.80 Å². The lowest BCUT2D eigenvalue weighted by Gasteiger charge is -2.41. The van der Waals surface area contributed by atoms with E-state index in [0.29, 0.717) is 6.54 Å². The molecule has 6 nitrogen and oxygen atoms in total. The number of likely N-dealkylation sites (tertiary alicyclic amines) is 1. The number of fused-ring (bicyclic) bond motifs is 1. The van der Waals surface area contributed by atoms with Crippen LogP contribution in [0, 0.1) is 0 Å². The maximum absolute atomic E-state index is 12.3. The molecule has 2 atom stereocenters. The third-order valence-electron chi connectivity index (χ3n) is 4.89. The summed E-state index contributed by atoms with van der Waals surface area (Å²) in [4.78, 5) is 16.5. The van der Waals surface area contributed by atoms with E-state index in [9.17, 15) is 4.79 Å². The number of allylic oxidation sites excluding steroid dienone is 2. The zero-order valence-electron chi connectivity index (χ0n) is 14.4. The Morgan fingerprint density at radius 1 is 1.29 bits per heavy atom. The number of hydrogen-bond acceptors (Lipinski definition) is 5. The van der Waals surface area contributed by atoms with Gasteiger partial charge < -0.3 is 14.2 Å². The molecule has 2 heterocycles. The number of piperidine rings is 1. The maximum atomic E-state index is 12.3. The highest BCUT2D eigenvalue weighted by Gasteiger charge is 2.35. The van der Waals surface area contributed by atoms with Crippen LogP contribution in [0.15, 0.2) is 35.5 Å². The van der Waals surface area contributed by atoms with Gasteiger partial charge in [-0.2, -0.15) is 0 Å². The number of rotatable bonds is 3. The van der Waals surface area contributed by atoms with Crippen LogP contribution in [0.5, 0.6) is 0 Å². The van der Waals surface area contributed by atoms with Gasteiger partial charge in [0.1, 0.15) is 0 Å². The van der Waals surface area contributed by atoms with Crippen LogP contribution in [0.2, 0.25) is 0 Å². The van der Waals surface area contributed by atoms with Crippen LogP contribution in [0.25, 0.3) is 0 Å². The molecule has 1 aliphatic carbocycles. The Hall–Kier alpha value is -1.63. The Kier molecular flexibility index (Phi) is 5.71. The monoisotopic (exact) mass is 334 g/mol. The van der Waals surface area contributed by atoms with Crippen molar-refractivity contribution in [3.63, 3.8) is 0 Å². The smallest absolute Gasteiger partial charge is 0.410 e. The second kappa shape index (κ2) is 7.96. The summed E-state index contributed by atoms with van der Waals surface area (Å²) in [5.41, 5.74) is 2.46. The highest BCUT2D eigenvalue weighted by atomic mass is 16.5. The number of carbonyl (C=O) groups excluding carboxylic acids is 1. The van der Waals surface area contributed by atoms with Gasteiger partial charge >= 0.3 is 6.09 Å². The molecule has 24 heavy (non-hydrogen) atoms. The zero-order chi connectivity index (χ0) is 16.9. The third kappa shape index (κ3) is 3.71. The lowest BCUT2D eigenvalue weighted by atomic mass is 9.89. The normalized spacial score (nSPS) is 27.8. The Bertz CT molecular complexity index is 549. The summed E-state index contributed by atoms with van der Waals surface area (Å²) < 4.78 is 15.9. The topological polar surface area (TPSA) is 51.2 Å². The zero-order valence-corrected chi connectivity index (χ0v) is 14.4. The lowest BCUT2D eigenvalue weighted by molar-refractivity contribution is 0.0248. The molecule has 0 bridgehead atoms. The number of amides is 1. The summed E-state index contributed by atoms with van der Waals surface area (Å²) in [7, 11) is 3.16.